The number of benzene rings is 3. The van der Waals surface area contributed by atoms with Crippen molar-refractivity contribution in [3.8, 4) is 0 Å². The van der Waals surface area contributed by atoms with E-state index in [-0.39, 0.29) is 23.7 Å². The summed E-state index contributed by atoms with van der Waals surface area (Å²) >= 11 is 0. The summed E-state index contributed by atoms with van der Waals surface area (Å²) in [4.78, 5) is 13.0. The minimum Gasteiger partial charge on any atom is -0.299 e. The molecule has 0 aromatic heterocycles. The van der Waals surface area contributed by atoms with Crippen LogP contribution in [0.2, 0.25) is 0 Å². The van der Waals surface area contributed by atoms with Gasteiger partial charge >= 0.3 is 0 Å². The van der Waals surface area contributed by atoms with Crippen LogP contribution in [0.15, 0.2) is 91.0 Å². The predicted octanol–water partition coefficient (Wildman–Crippen LogP) is 5.25. The first-order valence-electron chi connectivity index (χ1n) is 10.7. The van der Waals surface area contributed by atoms with Gasteiger partial charge in [0.1, 0.15) is 5.78 Å². The second kappa shape index (κ2) is 9.12. The summed E-state index contributed by atoms with van der Waals surface area (Å²) in [6, 6.07) is 28.9. The molecule has 3 aromatic rings. The standard InChI is InChI=1S/C26H28NO2P/c1-20-12-11-19-24(28)25(20)26(21-13-5-2-6-14-21)27-30(29,22-15-7-3-8-16-22)23-17-9-4-10-18-23/h2-10,13-18,20,25-26H,11-12,19H2,1H3,(H,27,29)/t20-,25+,26-/m1/s1. The van der Waals surface area contributed by atoms with Gasteiger partial charge < -0.3 is 0 Å². The van der Waals surface area contributed by atoms with E-state index < -0.39 is 7.29 Å². The number of hydrogen-bond donors (Lipinski definition) is 1. The summed E-state index contributed by atoms with van der Waals surface area (Å²) < 4.78 is 14.6. The fraction of sp³-hybridized carbons (Fsp3) is 0.269. The van der Waals surface area contributed by atoms with Crippen LogP contribution in [-0.2, 0) is 9.36 Å². The molecule has 3 aromatic carbocycles. The largest absolute Gasteiger partial charge is 0.299 e. The zero-order valence-corrected chi connectivity index (χ0v) is 18.2. The third kappa shape index (κ3) is 4.19. The number of nitrogens with one attached hydrogen (secondary N) is 1. The minimum atomic E-state index is -3.17. The van der Waals surface area contributed by atoms with Crippen molar-refractivity contribution in [2.45, 2.75) is 32.2 Å². The molecule has 1 fully saturated rings. The topological polar surface area (TPSA) is 46.2 Å². The number of ketones is 1. The van der Waals surface area contributed by atoms with Crippen LogP contribution in [0.5, 0.6) is 0 Å². The van der Waals surface area contributed by atoms with Gasteiger partial charge in [-0.1, -0.05) is 73.7 Å². The van der Waals surface area contributed by atoms with E-state index in [1.807, 2.05) is 91.0 Å². The second-order valence-electron chi connectivity index (χ2n) is 8.16. The van der Waals surface area contributed by atoms with Crippen molar-refractivity contribution in [3.63, 3.8) is 0 Å². The van der Waals surface area contributed by atoms with Crippen molar-refractivity contribution in [3.05, 3.63) is 96.6 Å². The number of rotatable bonds is 6. The molecule has 4 heteroatoms. The molecule has 0 heterocycles. The van der Waals surface area contributed by atoms with E-state index >= 15 is 0 Å². The molecule has 1 saturated carbocycles. The normalized spacial score (nSPS) is 20.6. The highest BCUT2D eigenvalue weighted by molar-refractivity contribution is 7.76. The third-order valence-corrected chi connectivity index (χ3v) is 8.84. The summed E-state index contributed by atoms with van der Waals surface area (Å²) in [6.45, 7) is 2.15. The van der Waals surface area contributed by atoms with Crippen LogP contribution in [0, 0.1) is 11.8 Å². The molecule has 0 aliphatic heterocycles. The van der Waals surface area contributed by atoms with Gasteiger partial charge in [-0.3, -0.25) is 14.4 Å². The van der Waals surface area contributed by atoms with Gasteiger partial charge in [-0.25, -0.2) is 0 Å². The second-order valence-corrected chi connectivity index (χ2v) is 10.7. The van der Waals surface area contributed by atoms with Crippen molar-refractivity contribution in [2.24, 2.45) is 11.8 Å². The Morgan fingerprint density at radius 2 is 1.33 bits per heavy atom. The van der Waals surface area contributed by atoms with Gasteiger partial charge in [0.15, 0.2) is 0 Å². The Hall–Kier alpha value is -2.48. The van der Waals surface area contributed by atoms with Gasteiger partial charge in [0.05, 0.1) is 0 Å². The highest BCUT2D eigenvalue weighted by Crippen LogP contribution is 2.46. The van der Waals surface area contributed by atoms with Crippen LogP contribution in [0.1, 0.15) is 37.8 Å². The predicted molar refractivity (Wildman–Crippen MR) is 124 cm³/mol. The van der Waals surface area contributed by atoms with E-state index in [0.717, 1.165) is 29.0 Å². The van der Waals surface area contributed by atoms with Crippen molar-refractivity contribution < 1.29 is 9.36 Å². The summed E-state index contributed by atoms with van der Waals surface area (Å²) in [5.41, 5.74) is 1.01. The van der Waals surface area contributed by atoms with E-state index in [9.17, 15) is 9.36 Å². The SMILES string of the molecule is C[C@@H]1CCCC(=O)[C@H]1[C@H](NP(=O)(c1ccccc1)c1ccccc1)c1ccccc1. The first-order chi connectivity index (χ1) is 14.6. The van der Waals surface area contributed by atoms with Crippen molar-refractivity contribution in [1.29, 1.82) is 0 Å². The molecule has 3 nitrogen and oxygen atoms in total. The van der Waals surface area contributed by atoms with Crippen LogP contribution in [0.25, 0.3) is 0 Å². The Bertz CT molecular complexity index is 977. The first kappa shape index (κ1) is 20.8. The Morgan fingerprint density at radius 1 is 0.833 bits per heavy atom. The molecule has 0 saturated heterocycles. The molecule has 1 aliphatic rings. The number of Topliss-reactive ketones (excluding diaryl/α,β-unsaturated/α-hetero) is 1. The van der Waals surface area contributed by atoms with Gasteiger partial charge in [0.2, 0.25) is 7.29 Å². The van der Waals surface area contributed by atoms with Crippen molar-refractivity contribution >= 4 is 23.7 Å². The van der Waals surface area contributed by atoms with E-state index in [0.29, 0.717) is 6.42 Å². The molecule has 4 rings (SSSR count). The minimum absolute atomic E-state index is 0.193. The molecule has 154 valence electrons. The Morgan fingerprint density at radius 3 is 1.83 bits per heavy atom. The monoisotopic (exact) mass is 417 g/mol. The summed E-state index contributed by atoms with van der Waals surface area (Å²) in [5, 5.41) is 5.06. The molecule has 0 amide bonds. The highest BCUT2D eigenvalue weighted by Gasteiger charge is 2.40. The van der Waals surface area contributed by atoms with Gasteiger partial charge in [-0.15, -0.1) is 0 Å². The summed E-state index contributed by atoms with van der Waals surface area (Å²) in [6.07, 6.45) is 2.55. The molecule has 30 heavy (non-hydrogen) atoms. The third-order valence-electron chi connectivity index (χ3n) is 6.15. The van der Waals surface area contributed by atoms with Gasteiger partial charge in [0, 0.05) is 29.0 Å². The average molecular weight is 417 g/mol. The molecule has 0 radical (unpaired) electrons. The van der Waals surface area contributed by atoms with Crippen LogP contribution in [0.4, 0.5) is 0 Å². The number of carbonyl (C=O) groups is 1. The van der Waals surface area contributed by atoms with Gasteiger partial charge in [-0.2, -0.15) is 0 Å². The van der Waals surface area contributed by atoms with Gasteiger partial charge in [-0.05, 0) is 48.6 Å². The smallest absolute Gasteiger partial charge is 0.205 e. The lowest BCUT2D eigenvalue weighted by Gasteiger charge is -2.37. The molecule has 0 spiro atoms. The fourth-order valence-corrected chi connectivity index (χ4v) is 7.05. The van der Waals surface area contributed by atoms with Crippen LogP contribution < -0.4 is 15.7 Å². The van der Waals surface area contributed by atoms with E-state index in [1.165, 1.54) is 0 Å². The number of hydrogen-bond acceptors (Lipinski definition) is 2. The fourth-order valence-electron chi connectivity index (χ4n) is 4.57. The quantitative estimate of drug-likeness (QED) is 0.557. The van der Waals surface area contributed by atoms with E-state index in [2.05, 4.69) is 12.0 Å². The van der Waals surface area contributed by atoms with Crippen molar-refractivity contribution in [1.82, 2.24) is 5.09 Å². The molecular weight excluding hydrogens is 389 g/mol. The molecule has 0 unspecified atom stereocenters. The van der Waals surface area contributed by atoms with E-state index in [1.54, 1.807) is 0 Å². The van der Waals surface area contributed by atoms with Crippen LogP contribution >= 0.6 is 7.29 Å². The average Bonchev–Trinajstić information content (AvgIpc) is 2.80. The van der Waals surface area contributed by atoms with Crippen molar-refractivity contribution in [2.75, 3.05) is 0 Å². The zero-order valence-electron chi connectivity index (χ0n) is 17.3. The Balaban J connectivity index is 1.83. The maximum Gasteiger partial charge on any atom is 0.205 e. The lowest BCUT2D eigenvalue weighted by atomic mass is 9.74. The maximum absolute atomic E-state index is 14.6. The van der Waals surface area contributed by atoms with E-state index in [4.69, 9.17) is 0 Å². The Kier molecular flexibility index (Phi) is 6.32. The van der Waals surface area contributed by atoms with Crippen LogP contribution in [0.3, 0.4) is 0 Å². The lowest BCUT2D eigenvalue weighted by molar-refractivity contribution is -0.127. The molecule has 1 aliphatic carbocycles. The molecule has 3 atom stereocenters. The summed E-state index contributed by atoms with van der Waals surface area (Å²) in [5.74, 6) is 0.314. The molecule has 1 N–H and O–H groups in total. The summed E-state index contributed by atoms with van der Waals surface area (Å²) in [7, 11) is -3.17. The number of carbonyl (C=O) groups excluding carboxylic acids is 1. The highest BCUT2D eigenvalue weighted by atomic mass is 31.2. The molecular formula is C26H28NO2P. The molecule has 0 bridgehead atoms. The maximum atomic E-state index is 14.6. The van der Waals surface area contributed by atoms with Crippen LogP contribution in [-0.4, -0.2) is 5.78 Å². The zero-order chi connectivity index (χ0) is 21.0. The Labute approximate surface area is 179 Å². The lowest BCUT2D eigenvalue weighted by Crippen LogP contribution is -2.41. The first-order valence-corrected chi connectivity index (χ1v) is 12.4. The van der Waals surface area contributed by atoms with Gasteiger partial charge in [0.25, 0.3) is 0 Å².